The zero-order chi connectivity index (χ0) is 22.9. The van der Waals surface area contributed by atoms with E-state index in [9.17, 15) is 14.7 Å². The number of likely N-dealkylation sites (N-methyl/N-ethyl adjacent to an activating group) is 1. The third-order valence-electron chi connectivity index (χ3n) is 6.24. The summed E-state index contributed by atoms with van der Waals surface area (Å²) in [7, 11) is 5.46. The summed E-state index contributed by atoms with van der Waals surface area (Å²) in [5.41, 5.74) is -1.31. The van der Waals surface area contributed by atoms with Crippen molar-refractivity contribution in [2.75, 3.05) is 21.1 Å². The predicted molar refractivity (Wildman–Crippen MR) is 128 cm³/mol. The average molecular weight is 425 g/mol. The monoisotopic (exact) mass is 424 g/mol. The molecule has 1 atom stereocenters. The Bertz CT molecular complexity index is 493. The summed E-state index contributed by atoms with van der Waals surface area (Å²) in [6.45, 7) is 4.20. The molecule has 0 spiro atoms. The van der Waals surface area contributed by atoms with Crippen LogP contribution >= 0.6 is 0 Å². The molecule has 0 rings (SSSR count). The molecule has 0 aromatic carbocycles. The Labute approximate surface area is 186 Å². The largest absolute Gasteiger partial charge is 0.476 e. The van der Waals surface area contributed by atoms with Crippen molar-refractivity contribution in [2.45, 2.75) is 122 Å². The van der Waals surface area contributed by atoms with E-state index in [4.69, 9.17) is 0 Å². The molecule has 0 saturated heterocycles. The van der Waals surface area contributed by atoms with E-state index >= 15 is 0 Å². The molecular formula is C26H50NO3+. The lowest BCUT2D eigenvalue weighted by atomic mass is 9.83. The smallest absolute Gasteiger partial charge is 0.373 e. The van der Waals surface area contributed by atoms with E-state index in [0.29, 0.717) is 19.3 Å². The van der Waals surface area contributed by atoms with Gasteiger partial charge in [-0.15, -0.1) is 0 Å². The molecule has 0 amide bonds. The predicted octanol–water partition coefficient (Wildman–Crippen LogP) is 6.92. The van der Waals surface area contributed by atoms with Crippen LogP contribution in [0.5, 0.6) is 0 Å². The molecule has 0 saturated carbocycles. The van der Waals surface area contributed by atoms with Crippen molar-refractivity contribution in [3.8, 4) is 0 Å². The first-order valence-corrected chi connectivity index (χ1v) is 12.5. The summed E-state index contributed by atoms with van der Waals surface area (Å²) < 4.78 is 0.153. The lowest BCUT2D eigenvalue weighted by Crippen LogP contribution is -2.66. The van der Waals surface area contributed by atoms with Gasteiger partial charge in [-0.05, 0) is 38.5 Å². The second-order valence-corrected chi connectivity index (χ2v) is 9.69. The van der Waals surface area contributed by atoms with Gasteiger partial charge in [-0.2, -0.15) is 0 Å². The van der Waals surface area contributed by atoms with Gasteiger partial charge in [-0.1, -0.05) is 77.4 Å². The SMILES string of the molecule is CCCCCCCC/C=C\CCCCCCCC(=O)C(CCC)(C(=O)O)[N+](C)(C)C. The number of allylic oxidation sites excluding steroid dienone is 2. The fourth-order valence-electron chi connectivity index (χ4n) is 4.29. The first-order valence-electron chi connectivity index (χ1n) is 12.5. The molecule has 0 fully saturated rings. The fraction of sp³-hybridized carbons (Fsp3) is 0.846. The summed E-state index contributed by atoms with van der Waals surface area (Å²) in [6, 6.07) is 0. The van der Waals surface area contributed by atoms with Crippen LogP contribution in [0.15, 0.2) is 12.2 Å². The number of carboxylic acids is 1. The highest BCUT2D eigenvalue weighted by Crippen LogP contribution is 2.29. The molecule has 0 aliphatic rings. The minimum Gasteiger partial charge on any atom is -0.476 e. The minimum atomic E-state index is -1.31. The van der Waals surface area contributed by atoms with E-state index < -0.39 is 11.5 Å². The van der Waals surface area contributed by atoms with Crippen LogP contribution < -0.4 is 0 Å². The van der Waals surface area contributed by atoms with Crippen molar-refractivity contribution in [1.82, 2.24) is 0 Å². The molecule has 1 unspecified atom stereocenters. The van der Waals surface area contributed by atoms with E-state index in [-0.39, 0.29) is 10.3 Å². The zero-order valence-electron chi connectivity index (χ0n) is 20.7. The minimum absolute atomic E-state index is 0.109. The molecule has 4 heteroatoms. The summed E-state index contributed by atoms with van der Waals surface area (Å²) in [6.07, 6.45) is 21.9. The number of carbonyl (C=O) groups excluding carboxylic acids is 1. The number of carbonyl (C=O) groups is 2. The summed E-state index contributed by atoms with van der Waals surface area (Å²) in [5, 5.41) is 9.84. The van der Waals surface area contributed by atoms with E-state index in [0.717, 1.165) is 25.7 Å². The molecule has 30 heavy (non-hydrogen) atoms. The van der Waals surface area contributed by atoms with Crippen LogP contribution in [0.4, 0.5) is 0 Å². The Balaban J connectivity index is 3.96. The first kappa shape index (κ1) is 28.8. The topological polar surface area (TPSA) is 54.4 Å². The normalized spacial score (nSPS) is 14.2. The molecule has 1 N–H and O–H groups in total. The van der Waals surface area contributed by atoms with Gasteiger partial charge in [0.15, 0.2) is 0 Å². The maximum absolute atomic E-state index is 12.9. The molecule has 0 aliphatic heterocycles. The third kappa shape index (κ3) is 10.7. The molecule has 0 aromatic rings. The van der Waals surface area contributed by atoms with Gasteiger partial charge in [-0.3, -0.25) is 4.79 Å². The molecular weight excluding hydrogens is 374 g/mol. The van der Waals surface area contributed by atoms with Gasteiger partial charge < -0.3 is 9.59 Å². The van der Waals surface area contributed by atoms with Crippen LogP contribution in [0, 0.1) is 0 Å². The summed E-state index contributed by atoms with van der Waals surface area (Å²) in [5.74, 6) is -1.09. The number of aliphatic carboxylic acids is 1. The van der Waals surface area contributed by atoms with E-state index in [1.54, 1.807) is 0 Å². The maximum atomic E-state index is 12.9. The van der Waals surface area contributed by atoms with Gasteiger partial charge in [0.25, 0.3) is 5.54 Å². The summed E-state index contributed by atoms with van der Waals surface area (Å²) >= 11 is 0. The maximum Gasteiger partial charge on any atom is 0.373 e. The molecule has 0 heterocycles. The van der Waals surface area contributed by atoms with Crippen LogP contribution in [0.1, 0.15) is 117 Å². The fourth-order valence-corrected chi connectivity index (χ4v) is 4.29. The van der Waals surface area contributed by atoms with Crippen molar-refractivity contribution in [1.29, 1.82) is 0 Å². The second-order valence-electron chi connectivity index (χ2n) is 9.69. The molecule has 176 valence electrons. The average Bonchev–Trinajstić information content (AvgIpc) is 2.67. The van der Waals surface area contributed by atoms with Crippen molar-refractivity contribution >= 4 is 11.8 Å². The Morgan fingerprint density at radius 3 is 1.63 bits per heavy atom. The van der Waals surface area contributed by atoms with Crippen LogP contribution in [0.25, 0.3) is 0 Å². The highest BCUT2D eigenvalue weighted by atomic mass is 16.4. The third-order valence-corrected chi connectivity index (χ3v) is 6.24. The van der Waals surface area contributed by atoms with Crippen molar-refractivity contribution < 1.29 is 19.2 Å². The number of rotatable bonds is 20. The Morgan fingerprint density at radius 1 is 0.733 bits per heavy atom. The summed E-state index contributed by atoms with van der Waals surface area (Å²) in [4.78, 5) is 24.9. The molecule has 0 aromatic heterocycles. The van der Waals surface area contributed by atoms with Crippen molar-refractivity contribution in [3.63, 3.8) is 0 Å². The van der Waals surface area contributed by atoms with Crippen LogP contribution in [0.2, 0.25) is 0 Å². The number of hydrogen-bond acceptors (Lipinski definition) is 2. The number of hydrogen-bond donors (Lipinski definition) is 1. The highest BCUT2D eigenvalue weighted by molar-refractivity contribution is 6.06. The molecule has 4 nitrogen and oxygen atoms in total. The number of nitrogens with zero attached hydrogens (tertiary/aromatic N) is 1. The van der Waals surface area contributed by atoms with E-state index in [2.05, 4.69) is 19.1 Å². The van der Waals surface area contributed by atoms with Gasteiger partial charge in [0.2, 0.25) is 5.78 Å². The van der Waals surface area contributed by atoms with Crippen LogP contribution in [0.3, 0.4) is 0 Å². The number of Topliss-reactive ketones (excluding diaryl/α,β-unsaturated/α-hetero) is 1. The quantitative estimate of drug-likeness (QED) is 0.0998. The standard InChI is InChI=1S/C26H49NO3/c1-6-8-9-10-11-12-13-14-15-16-17-18-19-20-21-22-24(28)26(23-7-2,25(29)30)27(3,4)5/h14-15H,6-13,16-23H2,1-5H3/p+1/b15-14-. The van der Waals surface area contributed by atoms with E-state index in [1.165, 1.54) is 57.8 Å². The zero-order valence-corrected chi connectivity index (χ0v) is 20.7. The van der Waals surface area contributed by atoms with Crippen LogP contribution in [-0.4, -0.2) is 48.0 Å². The molecule has 0 aliphatic carbocycles. The van der Waals surface area contributed by atoms with Crippen molar-refractivity contribution in [3.05, 3.63) is 12.2 Å². The Hall–Kier alpha value is -1.16. The number of carboxylic acid groups (broad SMARTS) is 1. The van der Waals surface area contributed by atoms with Gasteiger partial charge in [-0.25, -0.2) is 4.79 Å². The lowest BCUT2D eigenvalue weighted by molar-refractivity contribution is -0.903. The van der Waals surface area contributed by atoms with Crippen molar-refractivity contribution in [2.24, 2.45) is 0 Å². The second kappa shape index (κ2) is 16.5. The number of quaternary nitrogens is 1. The van der Waals surface area contributed by atoms with E-state index in [1.807, 2.05) is 28.1 Å². The Kier molecular flexibility index (Phi) is 15.9. The number of unbranched alkanes of at least 4 members (excludes halogenated alkanes) is 11. The number of ketones is 1. The molecule has 0 bridgehead atoms. The van der Waals surface area contributed by atoms with Gasteiger partial charge in [0, 0.05) is 12.8 Å². The van der Waals surface area contributed by atoms with Gasteiger partial charge in [0.05, 0.1) is 21.1 Å². The molecule has 0 radical (unpaired) electrons. The van der Waals surface area contributed by atoms with Gasteiger partial charge >= 0.3 is 5.97 Å². The van der Waals surface area contributed by atoms with Crippen LogP contribution in [-0.2, 0) is 9.59 Å². The Morgan fingerprint density at radius 2 is 1.20 bits per heavy atom. The first-order chi connectivity index (χ1) is 14.2. The van der Waals surface area contributed by atoms with Gasteiger partial charge in [0.1, 0.15) is 0 Å². The lowest BCUT2D eigenvalue weighted by Gasteiger charge is -2.41. The highest BCUT2D eigenvalue weighted by Gasteiger charge is 2.55.